The van der Waals surface area contributed by atoms with Gasteiger partial charge in [0, 0.05) is 49.5 Å². The second-order valence-corrected chi connectivity index (χ2v) is 9.94. The number of anilines is 1. The van der Waals surface area contributed by atoms with Crippen LogP contribution in [0.3, 0.4) is 0 Å². The van der Waals surface area contributed by atoms with Gasteiger partial charge in [0.05, 0.1) is 5.69 Å². The second-order valence-electron chi connectivity index (χ2n) is 8.80. The van der Waals surface area contributed by atoms with E-state index in [-0.39, 0.29) is 24.1 Å². The van der Waals surface area contributed by atoms with E-state index in [9.17, 15) is 14.4 Å². The number of thioether (sulfide) groups is 1. The van der Waals surface area contributed by atoms with Crippen LogP contribution < -0.4 is 21.3 Å². The smallest absolute Gasteiger partial charge is 0.242 e. The van der Waals surface area contributed by atoms with Crippen LogP contribution in [0.4, 0.5) is 5.69 Å². The fourth-order valence-electron chi connectivity index (χ4n) is 4.36. The Balaban J connectivity index is 1.38. The number of para-hydroxylation sites is 1. The van der Waals surface area contributed by atoms with Crippen LogP contribution in [-0.4, -0.2) is 49.2 Å². The molecule has 7 nitrogen and oxygen atoms in total. The van der Waals surface area contributed by atoms with Crippen LogP contribution in [0.2, 0.25) is 0 Å². The molecule has 188 valence electrons. The van der Waals surface area contributed by atoms with Crippen LogP contribution >= 0.6 is 11.8 Å². The summed E-state index contributed by atoms with van der Waals surface area (Å²) >= 11 is 1.68. The molecule has 8 heteroatoms. The predicted octanol–water partition coefficient (Wildman–Crippen LogP) is 3.25. The Morgan fingerprint density at radius 2 is 1.81 bits per heavy atom. The van der Waals surface area contributed by atoms with E-state index in [2.05, 4.69) is 10.6 Å². The van der Waals surface area contributed by atoms with E-state index in [1.54, 1.807) is 16.7 Å². The number of nitrogens with zero attached hydrogens (tertiary/aromatic N) is 1. The van der Waals surface area contributed by atoms with Gasteiger partial charge in [-0.25, -0.2) is 0 Å². The SMILES string of the molecule is NCCNC(=O)C(Cc1ccc2ccccc2c1)NC(=O)CCCN1C(=O)CCSc2ccccc21. The van der Waals surface area contributed by atoms with E-state index in [1.807, 2.05) is 66.7 Å². The van der Waals surface area contributed by atoms with Crippen molar-refractivity contribution in [2.75, 3.05) is 30.3 Å². The Morgan fingerprint density at radius 3 is 2.64 bits per heavy atom. The van der Waals surface area contributed by atoms with Crippen molar-refractivity contribution in [2.24, 2.45) is 5.73 Å². The van der Waals surface area contributed by atoms with Crippen LogP contribution in [0, 0.1) is 0 Å². The Morgan fingerprint density at radius 1 is 1.03 bits per heavy atom. The average molecular weight is 505 g/mol. The molecule has 0 saturated heterocycles. The molecule has 0 bridgehead atoms. The number of fused-ring (bicyclic) bond motifs is 2. The minimum Gasteiger partial charge on any atom is -0.353 e. The van der Waals surface area contributed by atoms with E-state index in [0.717, 1.165) is 32.7 Å². The molecule has 1 aliphatic rings. The lowest BCUT2D eigenvalue weighted by molar-refractivity contribution is -0.129. The Hall–Kier alpha value is -3.36. The van der Waals surface area contributed by atoms with E-state index in [1.165, 1.54) is 0 Å². The molecular formula is C28H32N4O3S. The molecule has 0 saturated carbocycles. The number of carbonyl (C=O) groups is 3. The first kappa shape index (κ1) is 25.7. The minimum absolute atomic E-state index is 0.0724. The summed E-state index contributed by atoms with van der Waals surface area (Å²) in [5.41, 5.74) is 7.42. The van der Waals surface area contributed by atoms with Crippen molar-refractivity contribution >= 4 is 45.9 Å². The average Bonchev–Trinajstić information content (AvgIpc) is 3.05. The number of nitrogens with one attached hydrogen (secondary N) is 2. The van der Waals surface area contributed by atoms with Gasteiger partial charge in [0.15, 0.2) is 0 Å². The normalized spacial score (nSPS) is 14.1. The van der Waals surface area contributed by atoms with Crippen molar-refractivity contribution in [1.82, 2.24) is 10.6 Å². The summed E-state index contributed by atoms with van der Waals surface area (Å²) in [6.07, 6.45) is 1.57. The molecule has 0 spiro atoms. The molecule has 0 radical (unpaired) electrons. The zero-order valence-corrected chi connectivity index (χ0v) is 21.1. The van der Waals surface area contributed by atoms with Crippen LogP contribution in [0.1, 0.15) is 24.8 Å². The lowest BCUT2D eigenvalue weighted by atomic mass is 10.0. The highest BCUT2D eigenvalue weighted by Gasteiger charge is 2.24. The topological polar surface area (TPSA) is 105 Å². The van der Waals surface area contributed by atoms with E-state index in [4.69, 9.17) is 5.73 Å². The molecule has 3 aromatic rings. The summed E-state index contributed by atoms with van der Waals surface area (Å²) in [6.45, 7) is 1.13. The minimum atomic E-state index is -0.706. The predicted molar refractivity (Wildman–Crippen MR) is 145 cm³/mol. The third-order valence-corrected chi connectivity index (χ3v) is 7.23. The van der Waals surface area contributed by atoms with Crippen LogP contribution in [-0.2, 0) is 20.8 Å². The first-order chi connectivity index (χ1) is 17.5. The van der Waals surface area contributed by atoms with Gasteiger partial charge in [-0.3, -0.25) is 14.4 Å². The molecule has 4 N–H and O–H groups in total. The van der Waals surface area contributed by atoms with Crippen molar-refractivity contribution in [3.8, 4) is 0 Å². The Kier molecular flexibility index (Phi) is 8.97. The quantitative estimate of drug-likeness (QED) is 0.393. The fraction of sp³-hybridized carbons (Fsp3) is 0.321. The maximum absolute atomic E-state index is 12.8. The zero-order valence-electron chi connectivity index (χ0n) is 20.2. The molecule has 36 heavy (non-hydrogen) atoms. The monoisotopic (exact) mass is 504 g/mol. The first-order valence-corrected chi connectivity index (χ1v) is 13.3. The van der Waals surface area contributed by atoms with Gasteiger partial charge >= 0.3 is 0 Å². The van der Waals surface area contributed by atoms with Crippen LogP contribution in [0.5, 0.6) is 0 Å². The van der Waals surface area contributed by atoms with E-state index < -0.39 is 6.04 Å². The molecule has 0 fully saturated rings. The van der Waals surface area contributed by atoms with Crippen molar-refractivity contribution in [2.45, 2.75) is 36.6 Å². The molecule has 0 aliphatic carbocycles. The van der Waals surface area contributed by atoms with Crippen LogP contribution in [0.15, 0.2) is 71.6 Å². The number of benzene rings is 3. The fourth-order valence-corrected chi connectivity index (χ4v) is 5.36. The third-order valence-electron chi connectivity index (χ3n) is 6.17. The molecule has 1 heterocycles. The lowest BCUT2D eigenvalue weighted by Crippen LogP contribution is -2.49. The molecule has 0 aromatic heterocycles. The second kappa shape index (κ2) is 12.6. The molecule has 3 aromatic carbocycles. The summed E-state index contributed by atoms with van der Waals surface area (Å²) in [5.74, 6) is 0.355. The molecular weight excluding hydrogens is 472 g/mol. The van der Waals surface area contributed by atoms with Crippen molar-refractivity contribution in [1.29, 1.82) is 0 Å². The van der Waals surface area contributed by atoms with Crippen molar-refractivity contribution in [3.05, 3.63) is 72.3 Å². The van der Waals surface area contributed by atoms with Gasteiger partial charge in [-0.05, 0) is 34.9 Å². The van der Waals surface area contributed by atoms with Crippen LogP contribution in [0.25, 0.3) is 10.8 Å². The number of hydrogen-bond acceptors (Lipinski definition) is 5. The highest BCUT2D eigenvalue weighted by atomic mass is 32.2. The summed E-state index contributed by atoms with van der Waals surface area (Å²) in [7, 11) is 0. The Labute approximate surface area is 215 Å². The summed E-state index contributed by atoms with van der Waals surface area (Å²) in [4.78, 5) is 41.2. The van der Waals surface area contributed by atoms with Gasteiger partial charge in [-0.1, -0.05) is 54.6 Å². The number of rotatable bonds is 10. The largest absolute Gasteiger partial charge is 0.353 e. The standard InChI is InChI=1S/C28H32N4O3S/c29-14-15-30-28(35)23(19-20-11-12-21-6-1-2-7-22(21)18-20)31-26(33)10-5-16-32-24-8-3-4-9-25(24)36-17-13-27(32)34/h1-4,6-9,11-12,18,23H,5,10,13-17,19,29H2,(H,30,35)(H,31,33). The molecule has 3 amide bonds. The third kappa shape index (κ3) is 6.65. The van der Waals surface area contributed by atoms with Gasteiger partial charge in [-0.2, -0.15) is 0 Å². The van der Waals surface area contributed by atoms with Crippen molar-refractivity contribution < 1.29 is 14.4 Å². The maximum atomic E-state index is 12.8. The highest BCUT2D eigenvalue weighted by molar-refractivity contribution is 7.99. The summed E-state index contributed by atoms with van der Waals surface area (Å²) in [6, 6.07) is 21.3. The van der Waals surface area contributed by atoms with Gasteiger partial charge in [0.25, 0.3) is 0 Å². The maximum Gasteiger partial charge on any atom is 0.242 e. The van der Waals surface area contributed by atoms with Gasteiger partial charge in [0.1, 0.15) is 6.04 Å². The zero-order chi connectivity index (χ0) is 25.3. The number of carbonyl (C=O) groups excluding carboxylic acids is 3. The summed E-state index contributed by atoms with van der Waals surface area (Å²) in [5, 5.41) is 7.90. The lowest BCUT2D eigenvalue weighted by Gasteiger charge is -2.23. The number of amides is 3. The molecule has 1 aliphatic heterocycles. The first-order valence-electron chi connectivity index (χ1n) is 12.3. The number of nitrogens with two attached hydrogens (primary N) is 1. The van der Waals surface area contributed by atoms with Gasteiger partial charge in [-0.15, -0.1) is 11.8 Å². The van der Waals surface area contributed by atoms with E-state index >= 15 is 0 Å². The van der Waals surface area contributed by atoms with E-state index in [0.29, 0.717) is 38.9 Å². The Bertz CT molecular complexity index is 1230. The molecule has 1 atom stereocenters. The molecule has 1 unspecified atom stereocenters. The molecule has 4 rings (SSSR count). The highest BCUT2D eigenvalue weighted by Crippen LogP contribution is 2.34. The van der Waals surface area contributed by atoms with Gasteiger partial charge < -0.3 is 21.3 Å². The summed E-state index contributed by atoms with van der Waals surface area (Å²) < 4.78 is 0. The van der Waals surface area contributed by atoms with Gasteiger partial charge in [0.2, 0.25) is 17.7 Å². The number of hydrogen-bond donors (Lipinski definition) is 3. The van der Waals surface area contributed by atoms with Crippen molar-refractivity contribution in [3.63, 3.8) is 0 Å².